The zero-order valence-corrected chi connectivity index (χ0v) is 14.5. The van der Waals surface area contributed by atoms with Gasteiger partial charge in [0.2, 0.25) is 5.91 Å². The SMILES string of the molecule is O=C(Cn1nc(-c2ccccc2)ccc1=O)NC1CCCCCCC1. The second-order valence-electron chi connectivity index (χ2n) is 6.69. The van der Waals surface area contributed by atoms with E-state index in [2.05, 4.69) is 10.4 Å². The van der Waals surface area contributed by atoms with Crippen molar-refractivity contribution in [3.8, 4) is 11.3 Å². The molecule has 1 amide bonds. The number of hydrogen-bond acceptors (Lipinski definition) is 3. The van der Waals surface area contributed by atoms with Gasteiger partial charge in [0.25, 0.3) is 5.56 Å². The van der Waals surface area contributed by atoms with Crippen LogP contribution in [0.1, 0.15) is 44.9 Å². The summed E-state index contributed by atoms with van der Waals surface area (Å²) in [5.41, 5.74) is 1.36. The maximum Gasteiger partial charge on any atom is 0.267 e. The van der Waals surface area contributed by atoms with Crippen LogP contribution in [0.2, 0.25) is 0 Å². The second-order valence-corrected chi connectivity index (χ2v) is 6.69. The Morgan fingerprint density at radius 3 is 2.40 bits per heavy atom. The zero-order chi connectivity index (χ0) is 17.5. The minimum atomic E-state index is -0.257. The average Bonchev–Trinajstić information content (AvgIpc) is 2.60. The topological polar surface area (TPSA) is 64.0 Å². The van der Waals surface area contributed by atoms with Crippen LogP contribution in [0.5, 0.6) is 0 Å². The van der Waals surface area contributed by atoms with E-state index in [4.69, 9.17) is 0 Å². The molecule has 1 saturated carbocycles. The van der Waals surface area contributed by atoms with Crippen molar-refractivity contribution in [2.45, 2.75) is 57.5 Å². The van der Waals surface area contributed by atoms with Crippen molar-refractivity contribution in [1.82, 2.24) is 15.1 Å². The fourth-order valence-corrected chi connectivity index (χ4v) is 3.33. The fraction of sp³-hybridized carbons (Fsp3) is 0.450. The Kier molecular flexibility index (Phi) is 5.99. The molecule has 5 nitrogen and oxygen atoms in total. The molecule has 0 saturated heterocycles. The Hall–Kier alpha value is -2.43. The lowest BCUT2D eigenvalue weighted by Gasteiger charge is -2.21. The van der Waals surface area contributed by atoms with Crippen molar-refractivity contribution in [3.05, 3.63) is 52.8 Å². The number of amides is 1. The van der Waals surface area contributed by atoms with Gasteiger partial charge in [-0.25, -0.2) is 4.68 Å². The van der Waals surface area contributed by atoms with Crippen LogP contribution in [0.15, 0.2) is 47.3 Å². The minimum absolute atomic E-state index is 0.0317. The van der Waals surface area contributed by atoms with E-state index in [0.717, 1.165) is 31.2 Å². The number of carbonyl (C=O) groups is 1. The summed E-state index contributed by atoms with van der Waals surface area (Å²) in [5, 5.41) is 7.44. The maximum atomic E-state index is 12.4. The number of nitrogens with zero attached hydrogens (tertiary/aromatic N) is 2. The zero-order valence-electron chi connectivity index (χ0n) is 14.5. The summed E-state index contributed by atoms with van der Waals surface area (Å²) in [4.78, 5) is 24.4. The van der Waals surface area contributed by atoms with Crippen LogP contribution in [0.25, 0.3) is 11.3 Å². The molecular formula is C20H25N3O2. The Labute approximate surface area is 148 Å². The van der Waals surface area contributed by atoms with E-state index in [9.17, 15) is 9.59 Å². The highest BCUT2D eigenvalue weighted by Crippen LogP contribution is 2.17. The standard InChI is InChI=1S/C20H25N3O2/c24-19(21-17-11-7-2-1-3-8-12-17)15-23-20(25)14-13-18(22-23)16-9-5-4-6-10-16/h4-6,9-10,13-14,17H,1-3,7-8,11-12,15H2,(H,21,24). The van der Waals surface area contributed by atoms with Crippen molar-refractivity contribution in [2.24, 2.45) is 0 Å². The van der Waals surface area contributed by atoms with Crippen molar-refractivity contribution in [1.29, 1.82) is 0 Å². The lowest BCUT2D eigenvalue weighted by molar-refractivity contribution is -0.122. The van der Waals surface area contributed by atoms with Gasteiger partial charge in [-0.2, -0.15) is 5.10 Å². The summed E-state index contributed by atoms with van der Waals surface area (Å²) in [6.07, 6.45) is 8.15. The van der Waals surface area contributed by atoms with E-state index in [1.54, 1.807) is 6.07 Å². The maximum absolute atomic E-state index is 12.4. The summed E-state index contributed by atoms with van der Waals surface area (Å²) in [6, 6.07) is 13.0. The molecule has 0 radical (unpaired) electrons. The van der Waals surface area contributed by atoms with Crippen molar-refractivity contribution >= 4 is 5.91 Å². The van der Waals surface area contributed by atoms with Crippen molar-refractivity contribution < 1.29 is 4.79 Å². The Bertz CT molecular complexity index is 747. The number of rotatable bonds is 4. The molecule has 1 aliphatic carbocycles. The van der Waals surface area contributed by atoms with Crippen LogP contribution >= 0.6 is 0 Å². The Balaban J connectivity index is 1.67. The highest BCUT2D eigenvalue weighted by molar-refractivity contribution is 5.76. The molecule has 1 N–H and O–H groups in total. The number of benzene rings is 1. The van der Waals surface area contributed by atoms with Gasteiger partial charge in [0, 0.05) is 17.7 Å². The number of carbonyl (C=O) groups excluding carboxylic acids is 1. The first kappa shape index (κ1) is 17.4. The summed E-state index contributed by atoms with van der Waals surface area (Å²) in [7, 11) is 0. The molecule has 0 aliphatic heterocycles. The quantitative estimate of drug-likeness (QED) is 0.931. The highest BCUT2D eigenvalue weighted by Gasteiger charge is 2.15. The summed E-state index contributed by atoms with van der Waals surface area (Å²) in [5.74, 6) is -0.134. The molecule has 2 aromatic rings. The first-order valence-corrected chi connectivity index (χ1v) is 9.15. The van der Waals surface area contributed by atoms with Gasteiger partial charge in [-0.05, 0) is 18.9 Å². The molecule has 1 aliphatic rings. The Morgan fingerprint density at radius 2 is 1.68 bits per heavy atom. The first-order chi connectivity index (χ1) is 12.2. The van der Waals surface area contributed by atoms with Gasteiger partial charge in [-0.3, -0.25) is 9.59 Å². The molecule has 3 rings (SSSR count). The number of hydrogen-bond donors (Lipinski definition) is 1. The Morgan fingerprint density at radius 1 is 1.00 bits per heavy atom. The van der Waals surface area contributed by atoms with Gasteiger partial charge in [0.15, 0.2) is 0 Å². The molecule has 0 unspecified atom stereocenters. The van der Waals surface area contributed by atoms with E-state index in [1.165, 1.54) is 30.0 Å². The third-order valence-corrected chi connectivity index (χ3v) is 4.70. The second kappa shape index (κ2) is 8.60. The van der Waals surface area contributed by atoms with E-state index in [0.29, 0.717) is 5.69 Å². The molecule has 0 atom stereocenters. The third-order valence-electron chi connectivity index (χ3n) is 4.70. The molecule has 0 spiro atoms. The normalized spacial score (nSPS) is 16.0. The molecule has 1 aromatic carbocycles. The van der Waals surface area contributed by atoms with E-state index in [-0.39, 0.29) is 24.1 Å². The van der Waals surface area contributed by atoms with Crippen LogP contribution in [-0.4, -0.2) is 21.7 Å². The molecule has 1 fully saturated rings. The molecule has 25 heavy (non-hydrogen) atoms. The van der Waals surface area contributed by atoms with E-state index >= 15 is 0 Å². The fourth-order valence-electron chi connectivity index (χ4n) is 3.33. The monoisotopic (exact) mass is 339 g/mol. The smallest absolute Gasteiger partial charge is 0.267 e. The molecule has 1 aromatic heterocycles. The predicted octanol–water partition coefficient (Wildman–Crippen LogP) is 3.14. The highest BCUT2D eigenvalue weighted by atomic mass is 16.2. The van der Waals surface area contributed by atoms with Gasteiger partial charge in [0.05, 0.1) is 5.69 Å². The number of aromatic nitrogens is 2. The van der Waals surface area contributed by atoms with Gasteiger partial charge in [-0.15, -0.1) is 0 Å². The van der Waals surface area contributed by atoms with Crippen LogP contribution in [0, 0.1) is 0 Å². The predicted molar refractivity (Wildman–Crippen MR) is 98.2 cm³/mol. The lowest BCUT2D eigenvalue weighted by Crippen LogP contribution is -2.39. The van der Waals surface area contributed by atoms with E-state index < -0.39 is 0 Å². The lowest BCUT2D eigenvalue weighted by atomic mass is 9.97. The summed E-state index contributed by atoms with van der Waals surface area (Å²) in [6.45, 7) is -0.0317. The first-order valence-electron chi connectivity index (χ1n) is 9.15. The third kappa shape index (κ3) is 5.02. The van der Waals surface area contributed by atoms with Gasteiger partial charge in [0.1, 0.15) is 6.54 Å². The molecule has 132 valence electrons. The van der Waals surface area contributed by atoms with Crippen LogP contribution in [0.4, 0.5) is 0 Å². The van der Waals surface area contributed by atoms with Gasteiger partial charge in [-0.1, -0.05) is 62.4 Å². The summed E-state index contributed by atoms with van der Waals surface area (Å²) < 4.78 is 1.25. The van der Waals surface area contributed by atoms with Crippen molar-refractivity contribution in [3.63, 3.8) is 0 Å². The largest absolute Gasteiger partial charge is 0.352 e. The van der Waals surface area contributed by atoms with Crippen molar-refractivity contribution in [2.75, 3.05) is 0 Å². The van der Waals surface area contributed by atoms with Gasteiger partial charge < -0.3 is 5.32 Å². The van der Waals surface area contributed by atoms with E-state index in [1.807, 2.05) is 30.3 Å². The van der Waals surface area contributed by atoms with Gasteiger partial charge >= 0.3 is 0 Å². The molecular weight excluding hydrogens is 314 g/mol. The molecule has 1 heterocycles. The number of nitrogens with one attached hydrogen (secondary N) is 1. The van der Waals surface area contributed by atoms with Crippen LogP contribution in [0.3, 0.4) is 0 Å². The van der Waals surface area contributed by atoms with Crippen LogP contribution < -0.4 is 10.9 Å². The molecule has 0 bridgehead atoms. The minimum Gasteiger partial charge on any atom is -0.352 e. The summed E-state index contributed by atoms with van der Waals surface area (Å²) >= 11 is 0. The molecule has 5 heteroatoms. The van der Waals surface area contributed by atoms with Crippen LogP contribution in [-0.2, 0) is 11.3 Å². The average molecular weight is 339 g/mol.